The fraction of sp³-hybridized carbons (Fsp3) is 0.250. The number of hydrogen-bond acceptors (Lipinski definition) is 4. The minimum absolute atomic E-state index is 0.200. The van der Waals surface area contributed by atoms with E-state index in [0.29, 0.717) is 17.8 Å². The van der Waals surface area contributed by atoms with E-state index < -0.39 is 0 Å². The summed E-state index contributed by atoms with van der Waals surface area (Å²) in [5, 5.41) is 4.07. The summed E-state index contributed by atoms with van der Waals surface area (Å²) in [5.74, 6) is 0.0980. The molecule has 0 saturated carbocycles. The van der Waals surface area contributed by atoms with Crippen molar-refractivity contribution in [3.05, 3.63) is 77.5 Å². The van der Waals surface area contributed by atoms with E-state index in [4.69, 9.17) is 10.5 Å². The minimum Gasteiger partial charge on any atom is -0.490 e. The second-order valence-corrected chi connectivity index (χ2v) is 7.74. The average Bonchev–Trinajstić information content (AvgIpc) is 3.13. The number of rotatable bonds is 7. The van der Waals surface area contributed by atoms with Crippen LogP contribution in [0.2, 0.25) is 0 Å². The maximum atomic E-state index is 14.6. The molecule has 0 amide bonds. The summed E-state index contributed by atoms with van der Waals surface area (Å²) in [4.78, 5) is 4.17. The Morgan fingerprint density at radius 3 is 2.61 bits per heavy atom. The Bertz CT molecular complexity index is 1200. The third-order valence-electron chi connectivity index (χ3n) is 5.39. The van der Waals surface area contributed by atoms with E-state index in [1.165, 1.54) is 12.1 Å². The SMILES string of the molecule is Cc1cc(-c2ccn3nc(N)nc3c2)cc(OCCCC(C)c2ccc(F)cc2)c1F. The summed E-state index contributed by atoms with van der Waals surface area (Å²) in [5.41, 5.74) is 9.56. The van der Waals surface area contributed by atoms with Crippen molar-refractivity contribution >= 4 is 11.6 Å². The Hall–Kier alpha value is -3.48. The lowest BCUT2D eigenvalue weighted by atomic mass is 9.96. The Kier molecular flexibility index (Phi) is 5.84. The van der Waals surface area contributed by atoms with Crippen molar-refractivity contribution in [2.75, 3.05) is 12.3 Å². The Balaban J connectivity index is 1.44. The van der Waals surface area contributed by atoms with Gasteiger partial charge in [-0.15, -0.1) is 5.10 Å². The second-order valence-electron chi connectivity index (χ2n) is 7.74. The van der Waals surface area contributed by atoms with Gasteiger partial charge in [0, 0.05) is 6.20 Å². The largest absolute Gasteiger partial charge is 0.490 e. The van der Waals surface area contributed by atoms with Crippen LogP contribution in [-0.2, 0) is 0 Å². The molecule has 7 heteroatoms. The van der Waals surface area contributed by atoms with Crippen LogP contribution in [0, 0.1) is 18.6 Å². The van der Waals surface area contributed by atoms with Gasteiger partial charge in [0.05, 0.1) is 6.61 Å². The van der Waals surface area contributed by atoms with E-state index in [9.17, 15) is 8.78 Å². The van der Waals surface area contributed by atoms with Crippen molar-refractivity contribution in [3.8, 4) is 16.9 Å². The molecule has 0 aliphatic heterocycles. The minimum atomic E-state index is -0.358. The van der Waals surface area contributed by atoms with Crippen LogP contribution in [0.1, 0.15) is 36.8 Å². The summed E-state index contributed by atoms with van der Waals surface area (Å²) in [6.07, 6.45) is 3.38. The highest BCUT2D eigenvalue weighted by Gasteiger charge is 2.13. The van der Waals surface area contributed by atoms with Crippen LogP contribution in [0.15, 0.2) is 54.7 Å². The topological polar surface area (TPSA) is 65.4 Å². The van der Waals surface area contributed by atoms with Crippen LogP contribution in [0.3, 0.4) is 0 Å². The van der Waals surface area contributed by atoms with Gasteiger partial charge < -0.3 is 10.5 Å². The van der Waals surface area contributed by atoms with Gasteiger partial charge in [-0.2, -0.15) is 4.98 Å². The molecule has 31 heavy (non-hydrogen) atoms. The van der Waals surface area contributed by atoms with Gasteiger partial charge in [-0.05, 0) is 84.3 Å². The highest BCUT2D eigenvalue weighted by molar-refractivity contribution is 5.69. The molecule has 2 heterocycles. The molecule has 0 aliphatic carbocycles. The first-order valence-corrected chi connectivity index (χ1v) is 10.2. The summed E-state index contributed by atoms with van der Waals surface area (Å²) in [7, 11) is 0. The number of aryl methyl sites for hydroxylation is 1. The van der Waals surface area contributed by atoms with Crippen LogP contribution in [0.25, 0.3) is 16.8 Å². The standard InChI is InChI=1S/C24H24F2N4O/c1-15(17-5-7-20(25)8-6-17)4-3-11-31-21-13-19(12-16(2)23(21)26)18-9-10-30-22(14-18)28-24(27)29-30/h5-10,12-15H,3-4,11H2,1-2H3,(H2,27,29). The van der Waals surface area contributed by atoms with Crippen LogP contribution in [-0.4, -0.2) is 21.2 Å². The third-order valence-corrected chi connectivity index (χ3v) is 5.39. The van der Waals surface area contributed by atoms with E-state index in [1.807, 2.05) is 12.1 Å². The summed E-state index contributed by atoms with van der Waals surface area (Å²) < 4.78 is 35.1. The molecule has 0 aliphatic rings. The molecule has 2 aromatic heterocycles. The van der Waals surface area contributed by atoms with Crippen molar-refractivity contribution in [2.24, 2.45) is 0 Å². The zero-order valence-electron chi connectivity index (χ0n) is 17.5. The van der Waals surface area contributed by atoms with Crippen molar-refractivity contribution in [2.45, 2.75) is 32.6 Å². The first kappa shape index (κ1) is 20.8. The molecular weight excluding hydrogens is 398 g/mol. The van der Waals surface area contributed by atoms with Gasteiger partial charge in [-0.25, -0.2) is 13.3 Å². The molecule has 0 bridgehead atoms. The molecular formula is C24H24F2N4O. The van der Waals surface area contributed by atoms with Gasteiger partial charge in [-0.3, -0.25) is 0 Å². The zero-order valence-corrected chi connectivity index (χ0v) is 17.5. The highest BCUT2D eigenvalue weighted by Crippen LogP contribution is 2.30. The lowest BCUT2D eigenvalue weighted by Crippen LogP contribution is -2.03. The molecule has 0 fully saturated rings. The van der Waals surface area contributed by atoms with E-state index in [2.05, 4.69) is 17.0 Å². The molecule has 4 rings (SSSR count). The summed E-state index contributed by atoms with van der Waals surface area (Å²) >= 11 is 0. The number of pyridine rings is 1. The number of nitrogens with two attached hydrogens (primary N) is 1. The number of ether oxygens (including phenoxy) is 1. The molecule has 0 spiro atoms. The van der Waals surface area contributed by atoms with Gasteiger partial charge in [0.2, 0.25) is 5.95 Å². The predicted octanol–water partition coefficient (Wildman–Crippen LogP) is 5.53. The number of halogens is 2. The number of aromatic nitrogens is 3. The van der Waals surface area contributed by atoms with E-state index >= 15 is 0 Å². The maximum Gasteiger partial charge on any atom is 0.240 e. The Morgan fingerprint density at radius 1 is 1.06 bits per heavy atom. The van der Waals surface area contributed by atoms with Crippen molar-refractivity contribution in [1.29, 1.82) is 0 Å². The number of hydrogen-bond donors (Lipinski definition) is 1. The fourth-order valence-electron chi connectivity index (χ4n) is 3.62. The van der Waals surface area contributed by atoms with Crippen molar-refractivity contribution in [1.82, 2.24) is 14.6 Å². The quantitative estimate of drug-likeness (QED) is 0.398. The molecule has 4 aromatic rings. The van der Waals surface area contributed by atoms with Crippen LogP contribution < -0.4 is 10.5 Å². The normalized spacial score (nSPS) is 12.3. The lowest BCUT2D eigenvalue weighted by Gasteiger charge is -2.14. The smallest absolute Gasteiger partial charge is 0.240 e. The highest BCUT2D eigenvalue weighted by atomic mass is 19.1. The molecule has 2 aromatic carbocycles. The van der Waals surface area contributed by atoms with Crippen LogP contribution in [0.5, 0.6) is 5.75 Å². The van der Waals surface area contributed by atoms with Gasteiger partial charge in [0.15, 0.2) is 17.2 Å². The van der Waals surface area contributed by atoms with Gasteiger partial charge >= 0.3 is 0 Å². The van der Waals surface area contributed by atoms with Crippen molar-refractivity contribution in [3.63, 3.8) is 0 Å². The van der Waals surface area contributed by atoms with Crippen molar-refractivity contribution < 1.29 is 13.5 Å². The molecule has 0 saturated heterocycles. The number of anilines is 1. The average molecular weight is 422 g/mol. The fourth-order valence-corrected chi connectivity index (χ4v) is 3.62. The number of fused-ring (bicyclic) bond motifs is 1. The Morgan fingerprint density at radius 2 is 1.84 bits per heavy atom. The molecule has 5 nitrogen and oxygen atoms in total. The zero-order chi connectivity index (χ0) is 22.0. The molecule has 160 valence electrons. The summed E-state index contributed by atoms with van der Waals surface area (Å²) in [6.45, 7) is 4.20. The molecule has 2 N–H and O–H groups in total. The van der Waals surface area contributed by atoms with E-state index in [1.54, 1.807) is 41.9 Å². The molecule has 0 radical (unpaired) electrons. The number of benzene rings is 2. The monoisotopic (exact) mass is 422 g/mol. The molecule has 1 unspecified atom stereocenters. The van der Waals surface area contributed by atoms with Gasteiger partial charge in [0.1, 0.15) is 5.82 Å². The number of nitrogen functional groups attached to an aromatic ring is 1. The predicted molar refractivity (Wildman–Crippen MR) is 117 cm³/mol. The van der Waals surface area contributed by atoms with Gasteiger partial charge in [-0.1, -0.05) is 19.1 Å². The Labute approximate surface area is 179 Å². The lowest BCUT2D eigenvalue weighted by molar-refractivity contribution is 0.288. The number of nitrogens with zero attached hydrogens (tertiary/aromatic N) is 3. The molecule has 1 atom stereocenters. The first-order chi connectivity index (χ1) is 14.9. The van der Waals surface area contributed by atoms with E-state index in [-0.39, 0.29) is 29.3 Å². The maximum absolute atomic E-state index is 14.6. The summed E-state index contributed by atoms with van der Waals surface area (Å²) in [6, 6.07) is 13.8. The van der Waals surface area contributed by atoms with E-state index in [0.717, 1.165) is 29.5 Å². The third kappa shape index (κ3) is 4.66. The first-order valence-electron chi connectivity index (χ1n) is 10.2. The second kappa shape index (κ2) is 8.71. The van der Waals surface area contributed by atoms with Crippen LogP contribution in [0.4, 0.5) is 14.7 Å². The van der Waals surface area contributed by atoms with Crippen LogP contribution >= 0.6 is 0 Å². The van der Waals surface area contributed by atoms with Gasteiger partial charge in [0.25, 0.3) is 0 Å².